The molecule has 0 radical (unpaired) electrons. The van der Waals surface area contributed by atoms with E-state index in [0.717, 1.165) is 3.57 Å². The van der Waals surface area contributed by atoms with Gasteiger partial charge in [0.1, 0.15) is 4.60 Å². The average molecular weight is 382 g/mol. The zero-order valence-corrected chi connectivity index (χ0v) is 10.8. The highest BCUT2D eigenvalue weighted by Crippen LogP contribution is 2.19. The molecule has 1 rings (SSSR count). The minimum absolute atomic E-state index is 0.136. The van der Waals surface area contributed by atoms with E-state index in [9.17, 15) is 8.42 Å². The Balaban J connectivity index is 3.37. The van der Waals surface area contributed by atoms with Gasteiger partial charge in [-0.25, -0.2) is 13.4 Å². The van der Waals surface area contributed by atoms with E-state index >= 15 is 0 Å². The van der Waals surface area contributed by atoms with Crippen molar-refractivity contribution in [3.8, 4) is 0 Å². The molecule has 0 aliphatic rings. The molecule has 12 heavy (non-hydrogen) atoms. The molecule has 0 amide bonds. The summed E-state index contributed by atoms with van der Waals surface area (Å²) >= 11 is 5.04. The number of rotatable bonds is 1. The van der Waals surface area contributed by atoms with Crippen LogP contribution in [0.25, 0.3) is 0 Å². The highest BCUT2D eigenvalue weighted by atomic mass is 127. The first kappa shape index (κ1) is 10.7. The predicted octanol–water partition coefficient (Wildman–Crippen LogP) is 2.38. The lowest BCUT2D eigenvalue weighted by molar-refractivity contribution is 0.606. The van der Waals surface area contributed by atoms with Gasteiger partial charge in [0.25, 0.3) is 9.05 Å². The Labute approximate surface area is 96.2 Å². The molecule has 0 saturated carbocycles. The van der Waals surface area contributed by atoms with Gasteiger partial charge in [0.2, 0.25) is 0 Å². The summed E-state index contributed by atoms with van der Waals surface area (Å²) < 4.78 is 22.8. The van der Waals surface area contributed by atoms with E-state index in [-0.39, 0.29) is 5.03 Å². The Morgan fingerprint density at radius 2 is 2.08 bits per heavy atom. The molecule has 0 bridgehead atoms. The number of nitrogens with zero attached hydrogens (tertiary/aromatic N) is 1. The van der Waals surface area contributed by atoms with Gasteiger partial charge in [-0.05, 0) is 50.7 Å². The van der Waals surface area contributed by atoms with Crippen LogP contribution >= 0.6 is 49.2 Å². The van der Waals surface area contributed by atoms with Crippen LogP contribution in [0, 0.1) is 3.57 Å². The first-order valence-corrected chi connectivity index (χ1v) is 6.85. The second kappa shape index (κ2) is 3.77. The summed E-state index contributed by atoms with van der Waals surface area (Å²) in [6.45, 7) is 0. The Hall–Kier alpha value is 0.600. The number of halogens is 3. The largest absolute Gasteiger partial charge is 0.278 e. The quantitative estimate of drug-likeness (QED) is 0.426. The molecule has 66 valence electrons. The van der Waals surface area contributed by atoms with Crippen molar-refractivity contribution in [1.82, 2.24) is 4.98 Å². The van der Waals surface area contributed by atoms with E-state index in [2.05, 4.69) is 20.9 Å². The van der Waals surface area contributed by atoms with Crippen molar-refractivity contribution < 1.29 is 8.42 Å². The monoisotopic (exact) mass is 381 g/mol. The smallest absolute Gasteiger partial charge is 0.228 e. The van der Waals surface area contributed by atoms with Gasteiger partial charge in [-0.3, -0.25) is 0 Å². The second-order valence-corrected chi connectivity index (χ2v) is 6.46. The Kier molecular flexibility index (Phi) is 3.35. The van der Waals surface area contributed by atoms with Crippen LogP contribution in [0.1, 0.15) is 0 Å². The number of pyridine rings is 1. The maximum atomic E-state index is 10.8. The van der Waals surface area contributed by atoms with Crippen molar-refractivity contribution >= 4 is 58.3 Å². The van der Waals surface area contributed by atoms with E-state index in [1.54, 1.807) is 6.07 Å². The molecule has 1 heterocycles. The highest BCUT2D eigenvalue weighted by molar-refractivity contribution is 14.1. The summed E-state index contributed by atoms with van der Waals surface area (Å²) in [6, 6.07) is 3.08. The fourth-order valence-electron chi connectivity index (χ4n) is 0.568. The molecule has 1 aromatic rings. The SMILES string of the molecule is O=S(=O)(Cl)c1cc(I)cc(Br)n1. The molecule has 0 aromatic carbocycles. The molecule has 0 N–H and O–H groups in total. The molecule has 0 fully saturated rings. The second-order valence-electron chi connectivity index (χ2n) is 1.88. The van der Waals surface area contributed by atoms with Crippen LogP contribution in [-0.4, -0.2) is 13.4 Å². The van der Waals surface area contributed by atoms with E-state index in [1.807, 2.05) is 22.6 Å². The number of aromatic nitrogens is 1. The van der Waals surface area contributed by atoms with Gasteiger partial charge in [-0.15, -0.1) is 0 Å². The number of hydrogen-bond donors (Lipinski definition) is 0. The van der Waals surface area contributed by atoms with Crippen LogP contribution in [0.4, 0.5) is 0 Å². The van der Waals surface area contributed by atoms with Crippen LogP contribution in [0.3, 0.4) is 0 Å². The van der Waals surface area contributed by atoms with Gasteiger partial charge in [0.15, 0.2) is 5.03 Å². The first-order valence-electron chi connectivity index (χ1n) is 2.67. The lowest BCUT2D eigenvalue weighted by atomic mass is 10.5. The summed E-state index contributed by atoms with van der Waals surface area (Å²) in [6.07, 6.45) is 0. The Bertz CT molecular complexity index is 388. The third-order valence-electron chi connectivity index (χ3n) is 0.985. The van der Waals surface area contributed by atoms with Gasteiger partial charge >= 0.3 is 0 Å². The molecule has 7 heteroatoms. The molecule has 0 spiro atoms. The van der Waals surface area contributed by atoms with Gasteiger partial charge in [-0.2, -0.15) is 0 Å². The lowest BCUT2D eigenvalue weighted by Gasteiger charge is -1.96. The van der Waals surface area contributed by atoms with Gasteiger partial charge < -0.3 is 0 Å². The highest BCUT2D eigenvalue weighted by Gasteiger charge is 2.12. The molecular weight excluding hydrogens is 380 g/mol. The third-order valence-corrected chi connectivity index (χ3v) is 3.20. The minimum Gasteiger partial charge on any atom is -0.228 e. The summed E-state index contributed by atoms with van der Waals surface area (Å²) in [5.74, 6) is 0. The Morgan fingerprint density at radius 3 is 2.50 bits per heavy atom. The molecule has 0 saturated heterocycles. The van der Waals surface area contributed by atoms with Crippen molar-refractivity contribution in [1.29, 1.82) is 0 Å². The fourth-order valence-corrected chi connectivity index (χ4v) is 3.06. The molecule has 0 aliphatic heterocycles. The standard InChI is InChI=1S/C5H2BrClINO2S/c6-4-1-3(8)2-5(9-4)12(7,10)11/h1-2H. The zero-order chi connectivity index (χ0) is 9.35. The summed E-state index contributed by atoms with van der Waals surface area (Å²) in [4.78, 5) is 3.70. The van der Waals surface area contributed by atoms with Crippen molar-refractivity contribution in [2.24, 2.45) is 0 Å². The van der Waals surface area contributed by atoms with Crippen molar-refractivity contribution in [2.45, 2.75) is 5.03 Å². The zero-order valence-electron chi connectivity index (χ0n) is 5.46. The predicted molar refractivity (Wildman–Crippen MR) is 57.7 cm³/mol. The lowest BCUT2D eigenvalue weighted by Crippen LogP contribution is -1.95. The van der Waals surface area contributed by atoms with Gasteiger partial charge in [-0.1, -0.05) is 0 Å². The average Bonchev–Trinajstić information content (AvgIpc) is 1.82. The van der Waals surface area contributed by atoms with Crippen LogP contribution in [0.2, 0.25) is 0 Å². The summed E-state index contributed by atoms with van der Waals surface area (Å²) in [5, 5.41) is -0.136. The molecule has 0 unspecified atom stereocenters. The van der Waals surface area contributed by atoms with Crippen LogP contribution < -0.4 is 0 Å². The molecule has 0 atom stereocenters. The molecular formula is C5H2BrClINO2S. The maximum Gasteiger partial charge on any atom is 0.278 e. The fraction of sp³-hybridized carbons (Fsp3) is 0. The van der Waals surface area contributed by atoms with Gasteiger partial charge in [0.05, 0.1) is 0 Å². The summed E-state index contributed by atoms with van der Waals surface area (Å²) in [7, 11) is 1.37. The maximum absolute atomic E-state index is 10.8. The first-order chi connectivity index (χ1) is 5.39. The van der Waals surface area contributed by atoms with Crippen LogP contribution in [0.5, 0.6) is 0 Å². The third kappa shape index (κ3) is 2.82. The van der Waals surface area contributed by atoms with Gasteiger partial charge in [0, 0.05) is 14.3 Å². The van der Waals surface area contributed by atoms with Crippen LogP contribution in [0.15, 0.2) is 21.8 Å². The summed E-state index contributed by atoms with van der Waals surface area (Å²) in [5.41, 5.74) is 0. The minimum atomic E-state index is -3.72. The topological polar surface area (TPSA) is 47.0 Å². The van der Waals surface area contributed by atoms with Crippen molar-refractivity contribution in [3.05, 3.63) is 20.3 Å². The van der Waals surface area contributed by atoms with E-state index in [4.69, 9.17) is 10.7 Å². The Morgan fingerprint density at radius 1 is 1.50 bits per heavy atom. The number of hydrogen-bond acceptors (Lipinski definition) is 3. The molecule has 1 aromatic heterocycles. The molecule has 3 nitrogen and oxygen atoms in total. The van der Waals surface area contributed by atoms with E-state index in [0.29, 0.717) is 4.60 Å². The van der Waals surface area contributed by atoms with Crippen LogP contribution in [-0.2, 0) is 9.05 Å². The van der Waals surface area contributed by atoms with E-state index < -0.39 is 9.05 Å². The normalized spacial score (nSPS) is 11.6. The van der Waals surface area contributed by atoms with E-state index in [1.165, 1.54) is 6.07 Å². The van der Waals surface area contributed by atoms with Crippen molar-refractivity contribution in [3.63, 3.8) is 0 Å². The molecule has 0 aliphatic carbocycles. The van der Waals surface area contributed by atoms with Crippen molar-refractivity contribution in [2.75, 3.05) is 0 Å².